The molecule has 0 radical (unpaired) electrons. The third kappa shape index (κ3) is 2.73. The molecule has 0 unspecified atom stereocenters. The molecule has 0 N–H and O–H groups in total. The van der Waals surface area contributed by atoms with Gasteiger partial charge in [-0.1, -0.05) is 19.1 Å². The Balaban J connectivity index is 1.59. The highest BCUT2D eigenvalue weighted by Crippen LogP contribution is 2.55. The summed E-state index contributed by atoms with van der Waals surface area (Å²) in [5.74, 6) is 0.650. The van der Waals surface area contributed by atoms with Gasteiger partial charge in [0.15, 0.2) is 11.2 Å². The number of esters is 1. The smallest absolute Gasteiger partial charge is 0.335 e. The summed E-state index contributed by atoms with van der Waals surface area (Å²) in [6, 6.07) is 0. The molecule has 0 aromatic carbocycles. The zero-order valence-electron chi connectivity index (χ0n) is 18.5. The van der Waals surface area contributed by atoms with E-state index >= 15 is 0 Å². The molecule has 31 heavy (non-hydrogen) atoms. The first-order chi connectivity index (χ1) is 14.6. The molecule has 1 aliphatic heterocycles. The molecule has 2 aromatic heterocycles. The van der Waals surface area contributed by atoms with Crippen LogP contribution in [-0.2, 0) is 37.1 Å². The number of ether oxygens (including phenoxy) is 1. The van der Waals surface area contributed by atoms with Crippen molar-refractivity contribution in [3.05, 3.63) is 50.0 Å². The summed E-state index contributed by atoms with van der Waals surface area (Å²) in [5, 5.41) is 0. The van der Waals surface area contributed by atoms with Crippen LogP contribution in [0.1, 0.15) is 44.9 Å². The second-order valence-corrected chi connectivity index (χ2v) is 9.67. The summed E-state index contributed by atoms with van der Waals surface area (Å²) in [6.07, 6.45) is 5.06. The fourth-order valence-corrected chi connectivity index (χ4v) is 5.92. The summed E-state index contributed by atoms with van der Waals surface area (Å²) in [6.45, 7) is 6.63. The largest absolute Gasteiger partial charge is 0.454 e. The van der Waals surface area contributed by atoms with Crippen molar-refractivity contribution in [2.75, 3.05) is 0 Å². The monoisotopic (exact) mass is 424 g/mol. The number of aryl methyl sites for hydroxylation is 2. The van der Waals surface area contributed by atoms with Gasteiger partial charge in [-0.15, -0.1) is 0 Å². The van der Waals surface area contributed by atoms with E-state index in [0.717, 1.165) is 42.2 Å². The molecular weight excluding hydrogens is 396 g/mol. The van der Waals surface area contributed by atoms with Crippen molar-refractivity contribution in [3.8, 4) is 0 Å². The normalized spacial score (nSPS) is 28.1. The Labute approximate surface area is 179 Å². The SMILES string of the molecule is C=C1CCC[C@]2(C)C[C@@H]3OC(=O)C(Cc4nc5c(c(=O)n(C)c(=O)n5C)n4C)=C3C[C@@H]12. The number of fused-ring (bicyclic) bond motifs is 3. The van der Waals surface area contributed by atoms with Crippen LogP contribution in [0.4, 0.5) is 0 Å². The number of imidazole rings is 1. The van der Waals surface area contributed by atoms with Crippen LogP contribution in [0.2, 0.25) is 0 Å². The third-order valence-corrected chi connectivity index (χ3v) is 7.83. The van der Waals surface area contributed by atoms with Crippen LogP contribution in [0.3, 0.4) is 0 Å². The lowest BCUT2D eigenvalue weighted by molar-refractivity contribution is -0.142. The second-order valence-electron chi connectivity index (χ2n) is 9.67. The summed E-state index contributed by atoms with van der Waals surface area (Å²) >= 11 is 0. The van der Waals surface area contributed by atoms with Crippen LogP contribution in [-0.4, -0.2) is 30.8 Å². The van der Waals surface area contributed by atoms with Crippen molar-refractivity contribution >= 4 is 17.1 Å². The summed E-state index contributed by atoms with van der Waals surface area (Å²) in [4.78, 5) is 42.4. The van der Waals surface area contributed by atoms with E-state index in [4.69, 9.17) is 4.74 Å². The van der Waals surface area contributed by atoms with Gasteiger partial charge in [0.2, 0.25) is 0 Å². The number of rotatable bonds is 2. The maximum absolute atomic E-state index is 12.8. The highest BCUT2D eigenvalue weighted by atomic mass is 16.5. The molecule has 3 heterocycles. The molecule has 5 rings (SSSR count). The molecule has 0 bridgehead atoms. The molecule has 3 aliphatic rings. The van der Waals surface area contributed by atoms with Crippen molar-refractivity contribution in [1.29, 1.82) is 0 Å². The molecule has 164 valence electrons. The number of nitrogens with zero attached hydrogens (tertiary/aromatic N) is 4. The van der Waals surface area contributed by atoms with Gasteiger partial charge >= 0.3 is 11.7 Å². The number of hydrogen-bond acceptors (Lipinski definition) is 5. The predicted octanol–water partition coefficient (Wildman–Crippen LogP) is 1.89. The fraction of sp³-hybridized carbons (Fsp3) is 0.565. The lowest BCUT2D eigenvalue weighted by atomic mass is 9.57. The second kappa shape index (κ2) is 6.55. The maximum Gasteiger partial charge on any atom is 0.335 e. The molecule has 3 atom stereocenters. The first-order valence-electron chi connectivity index (χ1n) is 10.8. The molecule has 0 saturated heterocycles. The van der Waals surface area contributed by atoms with Gasteiger partial charge < -0.3 is 9.30 Å². The van der Waals surface area contributed by atoms with Gasteiger partial charge in [-0.3, -0.25) is 13.9 Å². The van der Waals surface area contributed by atoms with Crippen molar-refractivity contribution in [2.45, 2.75) is 51.6 Å². The van der Waals surface area contributed by atoms with Gasteiger partial charge in [-0.25, -0.2) is 14.6 Å². The van der Waals surface area contributed by atoms with Crippen molar-refractivity contribution in [3.63, 3.8) is 0 Å². The van der Waals surface area contributed by atoms with E-state index in [1.54, 1.807) is 18.7 Å². The highest BCUT2D eigenvalue weighted by molar-refractivity contribution is 5.93. The van der Waals surface area contributed by atoms with Gasteiger partial charge in [0.1, 0.15) is 11.9 Å². The van der Waals surface area contributed by atoms with Crippen LogP contribution in [0.5, 0.6) is 0 Å². The average Bonchev–Trinajstić information content (AvgIpc) is 3.20. The standard InChI is InChI=1S/C23H28N4O4/c1-12-7-6-8-23(2)11-16-13(9-15(12)23)14(21(29)31-16)10-17-24-19-18(25(17)3)20(28)27(5)22(30)26(19)4/h15-16H,1,6-11H2,2-5H3/t15-,16-,23+/m0/s1. The Hall–Kier alpha value is -2.90. The van der Waals surface area contributed by atoms with E-state index in [0.29, 0.717) is 28.5 Å². The van der Waals surface area contributed by atoms with E-state index < -0.39 is 11.2 Å². The maximum atomic E-state index is 12.8. The zero-order chi connectivity index (χ0) is 22.2. The summed E-state index contributed by atoms with van der Waals surface area (Å²) in [7, 11) is 4.80. The van der Waals surface area contributed by atoms with Crippen molar-refractivity contribution in [1.82, 2.24) is 18.7 Å². The zero-order valence-corrected chi connectivity index (χ0v) is 18.5. The summed E-state index contributed by atoms with van der Waals surface area (Å²) in [5.41, 5.74) is 2.97. The molecule has 0 spiro atoms. The van der Waals surface area contributed by atoms with E-state index in [1.807, 2.05) is 0 Å². The first kappa shape index (κ1) is 20.0. The Bertz CT molecular complexity index is 1310. The fourth-order valence-electron chi connectivity index (χ4n) is 5.92. The predicted molar refractivity (Wildman–Crippen MR) is 116 cm³/mol. The lowest BCUT2D eigenvalue weighted by Gasteiger charge is -2.48. The van der Waals surface area contributed by atoms with Gasteiger partial charge in [-0.05, 0) is 49.0 Å². The third-order valence-electron chi connectivity index (χ3n) is 7.83. The van der Waals surface area contributed by atoms with Crippen LogP contribution >= 0.6 is 0 Å². The van der Waals surface area contributed by atoms with Gasteiger partial charge in [0.05, 0.1) is 0 Å². The molecule has 2 fully saturated rings. The highest BCUT2D eigenvalue weighted by Gasteiger charge is 2.50. The molecule has 2 saturated carbocycles. The number of aromatic nitrogens is 4. The molecule has 0 amide bonds. The Kier molecular flexibility index (Phi) is 4.23. The lowest BCUT2D eigenvalue weighted by Crippen LogP contribution is -2.41. The Morgan fingerprint density at radius 3 is 2.65 bits per heavy atom. The Morgan fingerprint density at radius 2 is 1.90 bits per heavy atom. The Morgan fingerprint density at radius 1 is 1.16 bits per heavy atom. The van der Waals surface area contributed by atoms with Gasteiger partial charge in [0.25, 0.3) is 5.56 Å². The van der Waals surface area contributed by atoms with Crippen molar-refractivity contribution in [2.24, 2.45) is 32.5 Å². The van der Waals surface area contributed by atoms with Crippen LogP contribution in [0.15, 0.2) is 32.9 Å². The van der Waals surface area contributed by atoms with Crippen LogP contribution < -0.4 is 11.2 Å². The minimum absolute atomic E-state index is 0.127. The number of carbonyl (C=O) groups is 1. The van der Waals surface area contributed by atoms with E-state index in [2.05, 4.69) is 18.5 Å². The summed E-state index contributed by atoms with van der Waals surface area (Å²) < 4.78 is 9.93. The van der Waals surface area contributed by atoms with Gasteiger partial charge in [0, 0.05) is 33.1 Å². The first-order valence-corrected chi connectivity index (χ1v) is 10.8. The number of hydrogen-bond donors (Lipinski definition) is 0. The molecule has 2 aliphatic carbocycles. The van der Waals surface area contributed by atoms with Crippen LogP contribution in [0.25, 0.3) is 11.2 Å². The minimum atomic E-state index is -0.424. The molecular formula is C23H28N4O4. The minimum Gasteiger partial charge on any atom is -0.454 e. The topological polar surface area (TPSA) is 88.1 Å². The number of carbonyl (C=O) groups excluding carboxylic acids is 1. The van der Waals surface area contributed by atoms with Crippen molar-refractivity contribution < 1.29 is 9.53 Å². The van der Waals surface area contributed by atoms with E-state index in [9.17, 15) is 14.4 Å². The average molecular weight is 425 g/mol. The van der Waals surface area contributed by atoms with E-state index in [1.165, 1.54) is 17.2 Å². The van der Waals surface area contributed by atoms with Crippen LogP contribution in [0, 0.1) is 11.3 Å². The molecule has 8 heteroatoms. The number of allylic oxidation sites excluding steroid dienone is 1. The molecule has 2 aromatic rings. The molecule has 8 nitrogen and oxygen atoms in total. The quantitative estimate of drug-likeness (QED) is 0.543. The van der Waals surface area contributed by atoms with Gasteiger partial charge in [-0.2, -0.15) is 0 Å². The van der Waals surface area contributed by atoms with E-state index in [-0.39, 0.29) is 23.9 Å².